The van der Waals surface area contributed by atoms with Crippen LogP contribution in [0.25, 0.3) is 0 Å². The summed E-state index contributed by atoms with van der Waals surface area (Å²) in [4.78, 5) is 11.0. The van der Waals surface area contributed by atoms with Crippen molar-refractivity contribution in [1.29, 1.82) is 0 Å². The fraction of sp³-hybridized carbons (Fsp3) is 0.412. The maximum atomic E-state index is 5.83. The lowest BCUT2D eigenvalue weighted by atomic mass is 10.3. The first-order chi connectivity index (χ1) is 10.7. The smallest absolute Gasteiger partial charge is 0.143 e. The quantitative estimate of drug-likeness (QED) is 0.914. The van der Waals surface area contributed by atoms with Crippen molar-refractivity contribution in [2.24, 2.45) is 0 Å². The molecule has 5 heteroatoms. The van der Waals surface area contributed by atoms with E-state index < -0.39 is 0 Å². The fourth-order valence-electron chi connectivity index (χ4n) is 2.60. The zero-order valence-corrected chi connectivity index (χ0v) is 13.1. The molecular weight excluding hydrogens is 276 g/mol. The summed E-state index contributed by atoms with van der Waals surface area (Å²) in [6, 6.07) is 9.91. The highest BCUT2D eigenvalue weighted by Gasteiger charge is 2.14. The zero-order chi connectivity index (χ0) is 15.4. The lowest BCUT2D eigenvalue weighted by Crippen LogP contribution is -2.19. The normalized spacial score (nSPS) is 14.4. The number of para-hydroxylation sites is 2. The summed E-state index contributed by atoms with van der Waals surface area (Å²) in [6.45, 7) is 6.19. The molecule has 1 fully saturated rings. The molecule has 0 amide bonds. The standard InChI is InChI=1S/C17H22N4O/c1-13(2)22-15-8-4-3-7-14(15)20-16-11-17(19-12-18-16)21-9-5-6-10-21/h3-4,7-8,11-13H,5-6,9-10H2,1-2H3,(H,18,19,20). The van der Waals surface area contributed by atoms with Gasteiger partial charge in [-0.15, -0.1) is 0 Å². The second-order valence-electron chi connectivity index (χ2n) is 5.74. The van der Waals surface area contributed by atoms with Gasteiger partial charge in [0.25, 0.3) is 0 Å². The minimum atomic E-state index is 0.133. The van der Waals surface area contributed by atoms with E-state index in [2.05, 4.69) is 20.2 Å². The van der Waals surface area contributed by atoms with E-state index in [4.69, 9.17) is 4.74 Å². The number of hydrogen-bond donors (Lipinski definition) is 1. The lowest BCUT2D eigenvalue weighted by molar-refractivity contribution is 0.244. The van der Waals surface area contributed by atoms with Crippen molar-refractivity contribution >= 4 is 17.3 Å². The third-order valence-electron chi connectivity index (χ3n) is 3.60. The zero-order valence-electron chi connectivity index (χ0n) is 13.1. The van der Waals surface area contributed by atoms with Crippen LogP contribution >= 0.6 is 0 Å². The second kappa shape index (κ2) is 6.64. The number of nitrogens with one attached hydrogen (secondary N) is 1. The van der Waals surface area contributed by atoms with Gasteiger partial charge in [0, 0.05) is 19.2 Å². The minimum absolute atomic E-state index is 0.133. The van der Waals surface area contributed by atoms with Crippen LogP contribution in [-0.4, -0.2) is 29.2 Å². The molecule has 22 heavy (non-hydrogen) atoms. The molecule has 2 heterocycles. The molecule has 1 saturated heterocycles. The average Bonchev–Trinajstić information content (AvgIpc) is 3.03. The summed E-state index contributed by atoms with van der Waals surface area (Å²) >= 11 is 0. The number of benzene rings is 1. The van der Waals surface area contributed by atoms with Gasteiger partial charge in [-0.05, 0) is 38.8 Å². The van der Waals surface area contributed by atoms with Crippen molar-refractivity contribution in [3.63, 3.8) is 0 Å². The molecule has 0 unspecified atom stereocenters. The second-order valence-corrected chi connectivity index (χ2v) is 5.74. The number of ether oxygens (including phenoxy) is 1. The molecule has 0 aliphatic carbocycles. The van der Waals surface area contributed by atoms with Crippen molar-refractivity contribution in [2.45, 2.75) is 32.8 Å². The highest BCUT2D eigenvalue weighted by atomic mass is 16.5. The summed E-state index contributed by atoms with van der Waals surface area (Å²) in [5, 5.41) is 3.34. The van der Waals surface area contributed by atoms with Crippen LogP contribution in [0.5, 0.6) is 5.75 Å². The van der Waals surface area contributed by atoms with Crippen LogP contribution < -0.4 is 15.0 Å². The van der Waals surface area contributed by atoms with Gasteiger partial charge < -0.3 is 15.0 Å². The van der Waals surface area contributed by atoms with Gasteiger partial charge in [0.1, 0.15) is 23.7 Å². The van der Waals surface area contributed by atoms with Gasteiger partial charge in [0.15, 0.2) is 0 Å². The Bertz CT molecular complexity index is 624. The van der Waals surface area contributed by atoms with Crippen LogP contribution in [0.15, 0.2) is 36.7 Å². The van der Waals surface area contributed by atoms with Gasteiger partial charge in [-0.1, -0.05) is 12.1 Å². The molecule has 1 aliphatic heterocycles. The number of nitrogens with zero attached hydrogens (tertiary/aromatic N) is 3. The predicted molar refractivity (Wildman–Crippen MR) is 89.0 cm³/mol. The van der Waals surface area contributed by atoms with Gasteiger partial charge in [-0.3, -0.25) is 0 Å². The van der Waals surface area contributed by atoms with Crippen molar-refractivity contribution < 1.29 is 4.74 Å². The van der Waals surface area contributed by atoms with Crippen LogP contribution in [0, 0.1) is 0 Å². The van der Waals surface area contributed by atoms with E-state index in [1.165, 1.54) is 12.8 Å². The van der Waals surface area contributed by atoms with Gasteiger partial charge in [-0.2, -0.15) is 0 Å². The molecule has 2 aromatic rings. The largest absolute Gasteiger partial charge is 0.489 e. The van der Waals surface area contributed by atoms with E-state index in [-0.39, 0.29) is 6.10 Å². The Morgan fingerprint density at radius 1 is 1.14 bits per heavy atom. The summed E-state index contributed by atoms with van der Waals surface area (Å²) in [6.07, 6.45) is 4.21. The van der Waals surface area contributed by atoms with Gasteiger partial charge >= 0.3 is 0 Å². The van der Waals surface area contributed by atoms with E-state index in [0.29, 0.717) is 0 Å². The van der Waals surface area contributed by atoms with Crippen LogP contribution in [0.4, 0.5) is 17.3 Å². The van der Waals surface area contributed by atoms with Crippen LogP contribution in [0.3, 0.4) is 0 Å². The third-order valence-corrected chi connectivity index (χ3v) is 3.60. The third kappa shape index (κ3) is 3.47. The summed E-state index contributed by atoms with van der Waals surface area (Å²) < 4.78 is 5.83. The molecule has 5 nitrogen and oxygen atoms in total. The van der Waals surface area contributed by atoms with Crippen LogP contribution in [-0.2, 0) is 0 Å². The molecule has 1 aromatic carbocycles. The van der Waals surface area contributed by atoms with Gasteiger partial charge in [0.05, 0.1) is 11.8 Å². The first kappa shape index (κ1) is 14.6. The van der Waals surface area contributed by atoms with Crippen molar-refractivity contribution in [1.82, 2.24) is 9.97 Å². The SMILES string of the molecule is CC(C)Oc1ccccc1Nc1cc(N2CCCC2)ncn1. The number of hydrogen-bond acceptors (Lipinski definition) is 5. The van der Waals surface area contributed by atoms with E-state index in [1.54, 1.807) is 6.33 Å². The Morgan fingerprint density at radius 3 is 2.68 bits per heavy atom. The highest BCUT2D eigenvalue weighted by molar-refractivity contribution is 5.65. The Morgan fingerprint density at radius 2 is 1.91 bits per heavy atom. The minimum Gasteiger partial charge on any atom is -0.489 e. The topological polar surface area (TPSA) is 50.3 Å². The Labute approximate surface area is 131 Å². The fourth-order valence-corrected chi connectivity index (χ4v) is 2.60. The Balaban J connectivity index is 1.79. The average molecular weight is 298 g/mol. The summed E-state index contributed by atoms with van der Waals surface area (Å²) in [5.74, 6) is 2.60. The van der Waals surface area contributed by atoms with Crippen LogP contribution in [0.1, 0.15) is 26.7 Å². The molecule has 0 saturated carbocycles. The monoisotopic (exact) mass is 298 g/mol. The molecule has 0 atom stereocenters. The van der Waals surface area contributed by atoms with E-state index >= 15 is 0 Å². The molecular formula is C17H22N4O. The van der Waals surface area contributed by atoms with E-state index in [9.17, 15) is 0 Å². The number of aromatic nitrogens is 2. The molecule has 0 bridgehead atoms. The molecule has 0 spiro atoms. The van der Waals surface area contributed by atoms with Crippen molar-refractivity contribution in [3.05, 3.63) is 36.7 Å². The molecule has 0 radical (unpaired) electrons. The van der Waals surface area contributed by atoms with Crippen molar-refractivity contribution in [2.75, 3.05) is 23.3 Å². The Kier molecular flexibility index (Phi) is 4.42. The first-order valence-electron chi connectivity index (χ1n) is 7.82. The highest BCUT2D eigenvalue weighted by Crippen LogP contribution is 2.28. The van der Waals surface area contributed by atoms with Gasteiger partial charge in [0.2, 0.25) is 0 Å². The number of anilines is 3. The molecule has 1 aromatic heterocycles. The van der Waals surface area contributed by atoms with E-state index in [1.807, 2.05) is 44.2 Å². The molecule has 1 N–H and O–H groups in total. The molecule has 3 rings (SSSR count). The van der Waals surface area contributed by atoms with Crippen molar-refractivity contribution in [3.8, 4) is 5.75 Å². The summed E-state index contributed by atoms with van der Waals surface area (Å²) in [5.41, 5.74) is 0.919. The lowest BCUT2D eigenvalue weighted by Gasteiger charge is -2.18. The number of rotatable bonds is 5. The Hall–Kier alpha value is -2.30. The molecule has 116 valence electrons. The van der Waals surface area contributed by atoms with E-state index in [0.717, 1.165) is 36.2 Å². The van der Waals surface area contributed by atoms with Gasteiger partial charge in [-0.25, -0.2) is 9.97 Å². The summed E-state index contributed by atoms with van der Waals surface area (Å²) in [7, 11) is 0. The first-order valence-corrected chi connectivity index (χ1v) is 7.82. The maximum absolute atomic E-state index is 5.83. The predicted octanol–water partition coefficient (Wildman–Crippen LogP) is 3.61. The maximum Gasteiger partial charge on any atom is 0.143 e. The molecule has 1 aliphatic rings. The van der Waals surface area contributed by atoms with Crippen LogP contribution in [0.2, 0.25) is 0 Å².